The maximum Gasteiger partial charge on any atom is 0.340 e. The quantitative estimate of drug-likeness (QED) is 0.425. The smallest absolute Gasteiger partial charge is 0.340 e. The fourth-order valence-electron chi connectivity index (χ4n) is 3.71. The normalized spacial score (nSPS) is 12.8. The van der Waals surface area contributed by atoms with Gasteiger partial charge in [0.1, 0.15) is 11.1 Å². The number of carbonyl (C=O) groups is 2. The number of sulfonamides is 1. The van der Waals surface area contributed by atoms with Crippen LogP contribution >= 0.6 is 22.9 Å². The number of para-hydroxylation sites is 1. The Balaban J connectivity index is 1.43. The van der Waals surface area contributed by atoms with E-state index in [-0.39, 0.29) is 16.1 Å². The first-order chi connectivity index (χ1) is 16.8. The Morgan fingerprint density at radius 3 is 2.54 bits per heavy atom. The number of anilines is 2. The number of amides is 1. The van der Waals surface area contributed by atoms with Crippen LogP contribution in [0.2, 0.25) is 5.02 Å². The van der Waals surface area contributed by atoms with Gasteiger partial charge in [0.25, 0.3) is 15.9 Å². The number of benzene rings is 2. The highest BCUT2D eigenvalue weighted by molar-refractivity contribution is 7.92. The van der Waals surface area contributed by atoms with Gasteiger partial charge in [0, 0.05) is 9.90 Å². The van der Waals surface area contributed by atoms with E-state index in [1.54, 1.807) is 12.1 Å². The monoisotopic (exact) mass is 529 g/mol. The predicted octanol–water partition coefficient (Wildman–Crippen LogP) is 4.75. The summed E-state index contributed by atoms with van der Waals surface area (Å²) in [4.78, 5) is 26.2. The van der Waals surface area contributed by atoms with Crippen LogP contribution in [0.1, 0.15) is 39.2 Å². The van der Waals surface area contributed by atoms with Crippen molar-refractivity contribution in [2.45, 2.75) is 30.6 Å². The van der Waals surface area contributed by atoms with Gasteiger partial charge in [-0.3, -0.25) is 9.52 Å². The van der Waals surface area contributed by atoms with Gasteiger partial charge in [-0.1, -0.05) is 23.7 Å². The van der Waals surface area contributed by atoms with Crippen LogP contribution in [0.3, 0.4) is 0 Å². The van der Waals surface area contributed by atoms with Crippen molar-refractivity contribution >= 4 is 55.5 Å². The second-order valence-corrected chi connectivity index (χ2v) is 11.0. The molecule has 0 saturated carbocycles. The van der Waals surface area contributed by atoms with E-state index in [2.05, 4.69) is 16.1 Å². The van der Waals surface area contributed by atoms with Gasteiger partial charge in [-0.25, -0.2) is 13.2 Å². The molecule has 1 aliphatic carbocycles. The van der Waals surface area contributed by atoms with Crippen molar-refractivity contribution in [3.8, 4) is 6.07 Å². The lowest BCUT2D eigenvalue weighted by Gasteiger charge is -2.12. The van der Waals surface area contributed by atoms with E-state index in [1.165, 1.54) is 47.7 Å². The SMILES string of the molecule is N#Cc1c(NC(=O)COC(=O)c2ccccc2NS(=O)(=O)c2ccc(Cl)cc2)sc2c1CCCC2. The maximum atomic E-state index is 12.7. The van der Waals surface area contributed by atoms with Gasteiger partial charge in [0.2, 0.25) is 0 Å². The summed E-state index contributed by atoms with van der Waals surface area (Å²) in [6.45, 7) is -0.593. The summed E-state index contributed by atoms with van der Waals surface area (Å²) < 4.78 is 32.9. The molecule has 1 heterocycles. The van der Waals surface area contributed by atoms with E-state index in [0.29, 0.717) is 15.6 Å². The Morgan fingerprint density at radius 2 is 1.80 bits per heavy atom. The van der Waals surface area contributed by atoms with Crippen molar-refractivity contribution in [2.24, 2.45) is 0 Å². The molecule has 8 nitrogen and oxygen atoms in total. The minimum Gasteiger partial charge on any atom is -0.452 e. The summed E-state index contributed by atoms with van der Waals surface area (Å²) in [5.41, 5.74) is 1.40. The Kier molecular flexibility index (Phi) is 7.40. The molecule has 11 heteroatoms. The average molecular weight is 530 g/mol. The van der Waals surface area contributed by atoms with E-state index in [0.717, 1.165) is 36.1 Å². The zero-order chi connectivity index (χ0) is 25.0. The number of halogens is 1. The lowest BCUT2D eigenvalue weighted by molar-refractivity contribution is -0.119. The summed E-state index contributed by atoms with van der Waals surface area (Å²) in [6, 6.07) is 13.6. The number of ether oxygens (including phenoxy) is 1. The molecule has 1 aromatic heterocycles. The van der Waals surface area contributed by atoms with E-state index in [4.69, 9.17) is 16.3 Å². The number of carbonyl (C=O) groups excluding carboxylic acids is 2. The molecule has 0 atom stereocenters. The zero-order valence-electron chi connectivity index (χ0n) is 18.3. The lowest BCUT2D eigenvalue weighted by atomic mass is 9.96. The highest BCUT2D eigenvalue weighted by Crippen LogP contribution is 2.37. The van der Waals surface area contributed by atoms with Crippen LogP contribution in [-0.4, -0.2) is 26.9 Å². The molecule has 3 aromatic rings. The number of hydrogen-bond acceptors (Lipinski definition) is 7. The third kappa shape index (κ3) is 5.65. The summed E-state index contributed by atoms with van der Waals surface area (Å²) in [5.74, 6) is -1.46. The number of esters is 1. The largest absolute Gasteiger partial charge is 0.452 e. The molecule has 4 rings (SSSR count). The number of nitrogens with one attached hydrogen (secondary N) is 2. The number of rotatable bonds is 7. The first kappa shape index (κ1) is 24.7. The van der Waals surface area contributed by atoms with Gasteiger partial charge >= 0.3 is 5.97 Å². The Bertz CT molecular complexity index is 1430. The molecule has 2 aromatic carbocycles. The van der Waals surface area contributed by atoms with Crippen LogP contribution < -0.4 is 10.0 Å². The Labute approximate surface area is 211 Å². The van der Waals surface area contributed by atoms with Crippen LogP contribution in [0.15, 0.2) is 53.4 Å². The number of thiophene rings is 1. The molecule has 0 fully saturated rings. The first-order valence-corrected chi connectivity index (χ1v) is 13.4. The minimum atomic E-state index is -3.99. The molecule has 1 amide bonds. The van der Waals surface area contributed by atoms with Crippen molar-refractivity contribution in [3.63, 3.8) is 0 Å². The van der Waals surface area contributed by atoms with E-state index in [1.807, 2.05) is 0 Å². The number of aryl methyl sites for hydroxylation is 1. The van der Waals surface area contributed by atoms with Gasteiger partial charge < -0.3 is 10.1 Å². The van der Waals surface area contributed by atoms with Crippen molar-refractivity contribution in [2.75, 3.05) is 16.6 Å². The van der Waals surface area contributed by atoms with Crippen molar-refractivity contribution in [1.29, 1.82) is 5.26 Å². The molecule has 0 spiro atoms. The van der Waals surface area contributed by atoms with Crippen molar-refractivity contribution in [1.82, 2.24) is 0 Å². The zero-order valence-corrected chi connectivity index (χ0v) is 20.7. The second kappa shape index (κ2) is 10.5. The molecule has 2 N–H and O–H groups in total. The lowest BCUT2D eigenvalue weighted by Crippen LogP contribution is -2.22. The number of hydrogen-bond donors (Lipinski definition) is 2. The summed E-state index contributed by atoms with van der Waals surface area (Å²) in [6.07, 6.45) is 3.74. The van der Waals surface area contributed by atoms with Crippen LogP contribution in [0.25, 0.3) is 0 Å². The van der Waals surface area contributed by atoms with Gasteiger partial charge in [-0.15, -0.1) is 11.3 Å². The van der Waals surface area contributed by atoms with E-state index in [9.17, 15) is 23.3 Å². The van der Waals surface area contributed by atoms with Crippen LogP contribution in [-0.2, 0) is 32.4 Å². The molecule has 0 saturated heterocycles. The van der Waals surface area contributed by atoms with Gasteiger partial charge in [0.15, 0.2) is 6.61 Å². The maximum absolute atomic E-state index is 12.7. The molecular weight excluding hydrogens is 510 g/mol. The van der Waals surface area contributed by atoms with Crippen molar-refractivity contribution in [3.05, 3.63) is 75.1 Å². The molecular formula is C24H20ClN3O5S2. The third-order valence-electron chi connectivity index (χ3n) is 5.39. The highest BCUT2D eigenvalue weighted by atomic mass is 35.5. The number of nitriles is 1. The Morgan fingerprint density at radius 1 is 1.09 bits per heavy atom. The topological polar surface area (TPSA) is 125 Å². The molecule has 0 aliphatic heterocycles. The van der Waals surface area contributed by atoms with Gasteiger partial charge in [-0.2, -0.15) is 5.26 Å². The molecule has 180 valence electrons. The fraction of sp³-hybridized carbons (Fsp3) is 0.208. The van der Waals surface area contributed by atoms with Crippen molar-refractivity contribution < 1.29 is 22.7 Å². The van der Waals surface area contributed by atoms with E-state index < -0.39 is 28.5 Å². The summed E-state index contributed by atoms with van der Waals surface area (Å²) in [7, 11) is -3.99. The predicted molar refractivity (Wildman–Crippen MR) is 133 cm³/mol. The second-order valence-electron chi connectivity index (χ2n) is 7.76. The summed E-state index contributed by atoms with van der Waals surface area (Å²) in [5, 5.41) is 13.0. The summed E-state index contributed by atoms with van der Waals surface area (Å²) >= 11 is 7.19. The van der Waals surface area contributed by atoms with Crippen LogP contribution in [0.4, 0.5) is 10.7 Å². The third-order valence-corrected chi connectivity index (χ3v) is 8.23. The highest BCUT2D eigenvalue weighted by Gasteiger charge is 2.23. The average Bonchev–Trinajstić information content (AvgIpc) is 3.19. The fourth-order valence-corrected chi connectivity index (χ4v) is 6.17. The molecule has 0 radical (unpaired) electrons. The number of fused-ring (bicyclic) bond motifs is 1. The van der Waals surface area contributed by atoms with Gasteiger partial charge in [0.05, 0.1) is 21.7 Å². The first-order valence-electron chi connectivity index (χ1n) is 10.7. The molecule has 35 heavy (non-hydrogen) atoms. The van der Waals surface area contributed by atoms with E-state index >= 15 is 0 Å². The van der Waals surface area contributed by atoms with Crippen LogP contribution in [0.5, 0.6) is 0 Å². The molecule has 0 unspecified atom stereocenters. The standard InChI is InChI=1S/C24H20ClN3O5S2/c25-15-9-11-16(12-10-15)35(31,32)28-20-7-3-1-6-18(20)24(30)33-14-22(29)27-23-19(13-26)17-5-2-4-8-21(17)34-23/h1,3,6-7,9-12,28H,2,4-5,8,14H2,(H,27,29). The minimum absolute atomic E-state index is 0.00515. The Hall–Kier alpha value is -3.39. The van der Waals surface area contributed by atoms with Gasteiger partial charge in [-0.05, 0) is 67.6 Å². The molecule has 0 bridgehead atoms. The number of nitrogens with zero attached hydrogens (tertiary/aromatic N) is 1. The molecule has 1 aliphatic rings. The van der Waals surface area contributed by atoms with Crippen LogP contribution in [0, 0.1) is 11.3 Å².